The summed E-state index contributed by atoms with van der Waals surface area (Å²) in [5.41, 5.74) is 2.27. The Hall–Kier alpha value is -1.88. The first kappa shape index (κ1) is 15.5. The Morgan fingerprint density at radius 1 is 1.29 bits per heavy atom. The highest BCUT2D eigenvalue weighted by atomic mass is 79.9. The van der Waals surface area contributed by atoms with Gasteiger partial charge in [-0.1, -0.05) is 40.2 Å². The number of amides is 2. The van der Waals surface area contributed by atoms with Crippen LogP contribution in [0.2, 0.25) is 0 Å². The minimum Gasteiger partial charge on any atom is -0.323 e. The molecule has 0 bridgehead atoms. The van der Waals surface area contributed by atoms with Gasteiger partial charge < -0.3 is 10.2 Å². The summed E-state index contributed by atoms with van der Waals surface area (Å²) in [6.45, 7) is 2.19. The summed E-state index contributed by atoms with van der Waals surface area (Å²) in [5, 5.41) is 2.78. The van der Waals surface area contributed by atoms with Gasteiger partial charge in [-0.2, -0.15) is 0 Å². The molecule has 0 aromatic heterocycles. The lowest BCUT2D eigenvalue weighted by atomic mass is 10.2. The minimum absolute atomic E-state index is 0.214. The molecule has 0 unspecified atom stereocenters. The standard InChI is InChI=1S/C16H16BrFN2O/c1-11-7-8-13(9-14(11)17)19-16(21)20(2)10-12-5-3-4-6-15(12)18/h3-9H,10H2,1-2H3,(H,19,21). The monoisotopic (exact) mass is 350 g/mol. The van der Waals surface area contributed by atoms with E-state index in [9.17, 15) is 9.18 Å². The summed E-state index contributed by atoms with van der Waals surface area (Å²) >= 11 is 3.42. The number of hydrogen-bond acceptors (Lipinski definition) is 1. The van der Waals surface area contributed by atoms with Crippen LogP contribution in [-0.4, -0.2) is 18.0 Å². The smallest absolute Gasteiger partial charge is 0.321 e. The van der Waals surface area contributed by atoms with Crippen LogP contribution < -0.4 is 5.32 Å². The second kappa shape index (κ2) is 6.72. The van der Waals surface area contributed by atoms with Crippen molar-refractivity contribution in [3.05, 3.63) is 63.9 Å². The minimum atomic E-state index is -0.310. The Bertz CT molecular complexity index is 660. The lowest BCUT2D eigenvalue weighted by Gasteiger charge is -2.18. The molecule has 0 heterocycles. The van der Waals surface area contributed by atoms with Crippen LogP contribution in [0.25, 0.3) is 0 Å². The van der Waals surface area contributed by atoms with E-state index >= 15 is 0 Å². The predicted molar refractivity (Wildman–Crippen MR) is 85.8 cm³/mol. The van der Waals surface area contributed by atoms with Crippen molar-refractivity contribution in [2.75, 3.05) is 12.4 Å². The molecule has 0 radical (unpaired) electrons. The van der Waals surface area contributed by atoms with E-state index in [2.05, 4.69) is 21.2 Å². The van der Waals surface area contributed by atoms with Crippen LogP contribution in [0.15, 0.2) is 46.9 Å². The molecule has 0 spiro atoms. The fourth-order valence-corrected chi connectivity index (χ4v) is 2.22. The van der Waals surface area contributed by atoms with Gasteiger partial charge >= 0.3 is 6.03 Å². The third-order valence-electron chi connectivity index (χ3n) is 3.14. The van der Waals surface area contributed by atoms with Gasteiger partial charge in [0.25, 0.3) is 0 Å². The van der Waals surface area contributed by atoms with Crippen LogP contribution in [0.5, 0.6) is 0 Å². The van der Waals surface area contributed by atoms with Crippen LogP contribution in [0.4, 0.5) is 14.9 Å². The van der Waals surface area contributed by atoms with Crippen LogP contribution in [0.1, 0.15) is 11.1 Å². The molecule has 5 heteroatoms. The zero-order valence-corrected chi connectivity index (χ0v) is 13.4. The van der Waals surface area contributed by atoms with Gasteiger partial charge in [0.2, 0.25) is 0 Å². The number of carbonyl (C=O) groups excluding carboxylic acids is 1. The highest BCUT2D eigenvalue weighted by Crippen LogP contribution is 2.21. The van der Waals surface area contributed by atoms with E-state index < -0.39 is 0 Å². The molecule has 0 saturated carbocycles. The maximum atomic E-state index is 13.6. The van der Waals surface area contributed by atoms with E-state index in [-0.39, 0.29) is 18.4 Å². The molecule has 0 fully saturated rings. The number of rotatable bonds is 3. The van der Waals surface area contributed by atoms with Gasteiger partial charge in [0.05, 0.1) is 0 Å². The molecular weight excluding hydrogens is 335 g/mol. The summed E-state index contributed by atoms with van der Waals surface area (Å²) in [4.78, 5) is 13.5. The summed E-state index contributed by atoms with van der Waals surface area (Å²) in [6.07, 6.45) is 0. The molecule has 2 amide bonds. The molecule has 2 aromatic rings. The number of urea groups is 1. The first-order valence-corrected chi connectivity index (χ1v) is 7.28. The summed E-state index contributed by atoms with van der Waals surface area (Å²) in [5.74, 6) is -0.310. The SMILES string of the molecule is Cc1ccc(NC(=O)N(C)Cc2ccccc2F)cc1Br. The zero-order valence-electron chi connectivity index (χ0n) is 11.9. The van der Waals surface area contributed by atoms with Crippen LogP contribution in [0, 0.1) is 12.7 Å². The molecule has 2 rings (SSSR count). The van der Waals surface area contributed by atoms with Gasteiger partial charge in [-0.3, -0.25) is 0 Å². The number of halogens is 2. The average molecular weight is 351 g/mol. The third kappa shape index (κ3) is 4.04. The number of nitrogens with zero attached hydrogens (tertiary/aromatic N) is 1. The molecule has 2 aromatic carbocycles. The molecule has 1 N–H and O–H groups in total. The maximum Gasteiger partial charge on any atom is 0.321 e. The van der Waals surface area contributed by atoms with E-state index in [0.717, 1.165) is 10.0 Å². The van der Waals surface area contributed by atoms with Gasteiger partial charge in [-0.25, -0.2) is 9.18 Å². The van der Waals surface area contributed by atoms with E-state index in [1.165, 1.54) is 11.0 Å². The van der Waals surface area contributed by atoms with E-state index in [4.69, 9.17) is 0 Å². The van der Waals surface area contributed by atoms with Crippen molar-refractivity contribution < 1.29 is 9.18 Å². The Kier molecular flexibility index (Phi) is 4.96. The molecule has 0 atom stereocenters. The van der Waals surface area contributed by atoms with Gasteiger partial charge in [0.15, 0.2) is 0 Å². The summed E-state index contributed by atoms with van der Waals surface area (Å²) in [6, 6.07) is 11.7. The fraction of sp³-hybridized carbons (Fsp3) is 0.188. The molecule has 110 valence electrons. The lowest BCUT2D eigenvalue weighted by molar-refractivity contribution is 0.220. The second-order valence-corrected chi connectivity index (χ2v) is 5.70. The highest BCUT2D eigenvalue weighted by Gasteiger charge is 2.12. The van der Waals surface area contributed by atoms with Crippen LogP contribution in [0.3, 0.4) is 0 Å². The van der Waals surface area contributed by atoms with Crippen LogP contribution >= 0.6 is 15.9 Å². The lowest BCUT2D eigenvalue weighted by Crippen LogP contribution is -2.31. The van der Waals surface area contributed by atoms with Crippen molar-refractivity contribution >= 4 is 27.6 Å². The van der Waals surface area contributed by atoms with E-state index in [1.807, 2.05) is 25.1 Å². The molecule has 0 aliphatic heterocycles. The molecule has 0 saturated heterocycles. The Morgan fingerprint density at radius 2 is 2.00 bits per heavy atom. The maximum absolute atomic E-state index is 13.6. The number of carbonyl (C=O) groups is 1. The third-order valence-corrected chi connectivity index (χ3v) is 3.99. The molecule has 3 nitrogen and oxygen atoms in total. The van der Waals surface area contributed by atoms with Gasteiger partial charge in [0.1, 0.15) is 5.82 Å². The van der Waals surface area contributed by atoms with Crippen LogP contribution in [-0.2, 0) is 6.54 Å². The van der Waals surface area contributed by atoms with Crippen molar-refractivity contribution in [1.82, 2.24) is 4.90 Å². The van der Waals surface area contributed by atoms with Gasteiger partial charge in [-0.05, 0) is 30.7 Å². The first-order valence-electron chi connectivity index (χ1n) is 6.49. The van der Waals surface area contributed by atoms with E-state index in [1.54, 1.807) is 25.2 Å². The first-order chi connectivity index (χ1) is 9.97. The number of aryl methyl sites for hydroxylation is 1. The summed E-state index contributed by atoms with van der Waals surface area (Å²) < 4.78 is 14.5. The molecular formula is C16H16BrFN2O. The average Bonchev–Trinajstić information content (AvgIpc) is 2.45. The largest absolute Gasteiger partial charge is 0.323 e. The second-order valence-electron chi connectivity index (χ2n) is 4.84. The summed E-state index contributed by atoms with van der Waals surface area (Å²) in [7, 11) is 1.63. The quantitative estimate of drug-likeness (QED) is 0.864. The molecule has 0 aliphatic rings. The fourth-order valence-electron chi connectivity index (χ4n) is 1.84. The zero-order chi connectivity index (χ0) is 15.4. The van der Waals surface area contributed by atoms with Gasteiger partial charge in [-0.15, -0.1) is 0 Å². The Morgan fingerprint density at radius 3 is 2.67 bits per heavy atom. The van der Waals surface area contributed by atoms with Crippen molar-refractivity contribution in [3.63, 3.8) is 0 Å². The number of hydrogen-bond donors (Lipinski definition) is 1. The Labute approximate surface area is 131 Å². The van der Waals surface area contributed by atoms with E-state index in [0.29, 0.717) is 11.3 Å². The van der Waals surface area contributed by atoms with Crippen molar-refractivity contribution in [2.45, 2.75) is 13.5 Å². The van der Waals surface area contributed by atoms with Crippen molar-refractivity contribution in [3.8, 4) is 0 Å². The van der Waals surface area contributed by atoms with Crippen molar-refractivity contribution in [1.29, 1.82) is 0 Å². The number of anilines is 1. The number of nitrogens with one attached hydrogen (secondary N) is 1. The van der Waals surface area contributed by atoms with Gasteiger partial charge in [0, 0.05) is 29.3 Å². The predicted octanol–water partition coefficient (Wildman–Crippen LogP) is 4.56. The highest BCUT2D eigenvalue weighted by molar-refractivity contribution is 9.10. The Balaban J connectivity index is 2.02. The molecule has 0 aliphatic carbocycles. The van der Waals surface area contributed by atoms with Crippen molar-refractivity contribution in [2.24, 2.45) is 0 Å². The molecule has 21 heavy (non-hydrogen) atoms. The topological polar surface area (TPSA) is 32.3 Å². The number of benzene rings is 2. The normalized spacial score (nSPS) is 10.3.